The Bertz CT molecular complexity index is 1070. The predicted octanol–water partition coefficient (Wildman–Crippen LogP) is 2.24. The molecule has 0 aliphatic heterocycles. The number of benzene rings is 1. The molecule has 6 nitrogen and oxygen atoms in total. The highest BCUT2D eigenvalue weighted by Gasteiger charge is 2.21. The smallest absolute Gasteiger partial charge is 0.406 e. The van der Waals surface area contributed by atoms with Crippen molar-refractivity contribution in [2.75, 3.05) is 0 Å². The van der Waals surface area contributed by atoms with E-state index in [0.29, 0.717) is 16.4 Å². The molecule has 0 fully saturated rings. The quantitative estimate of drug-likeness (QED) is 0.429. The van der Waals surface area contributed by atoms with Crippen molar-refractivity contribution in [3.63, 3.8) is 0 Å². The lowest BCUT2D eigenvalue weighted by Crippen LogP contribution is -2.26. The van der Waals surface area contributed by atoms with E-state index in [1.54, 1.807) is 18.3 Å². The summed E-state index contributed by atoms with van der Waals surface area (Å²) in [5.41, 5.74) is 3.00. The van der Waals surface area contributed by atoms with Crippen LogP contribution in [0.3, 0.4) is 0 Å². The molecule has 0 saturated heterocycles. The molecule has 0 aliphatic carbocycles. The number of aromatic nitrogens is 4. The summed E-state index contributed by atoms with van der Waals surface area (Å²) in [5, 5.41) is 4.58. The molecular formula is C16H13ClN4O2. The van der Waals surface area contributed by atoms with Gasteiger partial charge in [-0.05, 0) is 31.2 Å². The molecule has 2 N–H and O–H groups in total. The third-order valence-electron chi connectivity index (χ3n) is 3.72. The fourth-order valence-electron chi connectivity index (χ4n) is 2.71. The van der Waals surface area contributed by atoms with Gasteiger partial charge in [0.1, 0.15) is 5.15 Å². The summed E-state index contributed by atoms with van der Waals surface area (Å²) < 4.78 is 3.28. The molecule has 0 saturated carbocycles. The van der Waals surface area contributed by atoms with Gasteiger partial charge in [0.2, 0.25) is 5.52 Å². The van der Waals surface area contributed by atoms with Gasteiger partial charge in [0, 0.05) is 10.9 Å². The Balaban J connectivity index is 0.00000156. The van der Waals surface area contributed by atoms with Crippen LogP contribution in [0, 0.1) is 6.92 Å². The average molecular weight is 329 g/mol. The van der Waals surface area contributed by atoms with Gasteiger partial charge < -0.3 is 5.48 Å². The van der Waals surface area contributed by atoms with Crippen molar-refractivity contribution in [2.24, 2.45) is 0 Å². The van der Waals surface area contributed by atoms with Gasteiger partial charge >= 0.3 is 5.56 Å². The second-order valence-electron chi connectivity index (χ2n) is 5.15. The van der Waals surface area contributed by atoms with E-state index >= 15 is 0 Å². The molecule has 0 atom stereocenters. The zero-order chi connectivity index (χ0) is 15.3. The Morgan fingerprint density at radius 2 is 2.00 bits per heavy atom. The molecule has 116 valence electrons. The average Bonchev–Trinajstić information content (AvgIpc) is 2.87. The minimum absolute atomic E-state index is 0. The van der Waals surface area contributed by atoms with Gasteiger partial charge in [-0.15, -0.1) is 4.52 Å². The molecule has 3 heterocycles. The highest BCUT2D eigenvalue weighted by Crippen LogP contribution is 2.14. The first kappa shape index (κ1) is 15.2. The van der Waals surface area contributed by atoms with Crippen LogP contribution in [0.1, 0.15) is 5.56 Å². The molecule has 3 aromatic heterocycles. The lowest BCUT2D eigenvalue weighted by atomic mass is 10.1. The second-order valence-corrected chi connectivity index (χ2v) is 5.54. The number of nitrogens with zero attached hydrogens (tertiary/aromatic N) is 3. The minimum atomic E-state index is -0.118. The number of H-pyrrole nitrogens is 1. The number of fused-ring (bicyclic) bond motifs is 3. The molecule has 0 radical (unpaired) electrons. The van der Waals surface area contributed by atoms with Gasteiger partial charge in [0.05, 0.1) is 6.20 Å². The lowest BCUT2D eigenvalue weighted by molar-refractivity contribution is -0.555. The Morgan fingerprint density at radius 3 is 2.74 bits per heavy atom. The fraction of sp³-hybridized carbons (Fsp3) is 0.0625. The molecule has 4 rings (SSSR count). The maximum absolute atomic E-state index is 12.7. The molecule has 0 aliphatic rings. The molecule has 0 spiro atoms. The van der Waals surface area contributed by atoms with Crippen molar-refractivity contribution >= 4 is 28.0 Å². The standard InChI is InChI=1S/C16H11ClN4O.H2O/c1-10-8-11-4-2-3-5-13(11)21-15(10)16(22)20(19-21)12-6-7-14(17)18-9-12;/h2-9H,1H3;1H2. The molecule has 1 aromatic carbocycles. The summed E-state index contributed by atoms with van der Waals surface area (Å²) >= 11 is 5.81. The van der Waals surface area contributed by atoms with E-state index < -0.39 is 0 Å². The summed E-state index contributed by atoms with van der Waals surface area (Å²) in [7, 11) is 0. The Hall–Kier alpha value is -2.70. The van der Waals surface area contributed by atoms with Gasteiger partial charge in [-0.2, -0.15) is 0 Å². The summed E-state index contributed by atoms with van der Waals surface area (Å²) in [6, 6.07) is 13.4. The van der Waals surface area contributed by atoms with Crippen LogP contribution in [0.2, 0.25) is 5.15 Å². The van der Waals surface area contributed by atoms with Gasteiger partial charge in [0.15, 0.2) is 11.2 Å². The van der Waals surface area contributed by atoms with Crippen LogP contribution in [0.4, 0.5) is 0 Å². The largest absolute Gasteiger partial charge is 0.870 e. The normalized spacial score (nSPS) is 10.9. The number of rotatable bonds is 1. The van der Waals surface area contributed by atoms with E-state index in [1.165, 1.54) is 4.68 Å². The van der Waals surface area contributed by atoms with Crippen molar-refractivity contribution in [1.29, 1.82) is 0 Å². The highest BCUT2D eigenvalue weighted by atomic mass is 35.5. The summed E-state index contributed by atoms with van der Waals surface area (Å²) in [6.07, 6.45) is 1.57. The maximum atomic E-state index is 12.7. The molecule has 0 bridgehead atoms. The SMILES string of the molecule is Cc1cc2ccccc2[n+]2[nH]n(-c3ccc(Cl)nc3)c(=O)c12.[OH-]. The van der Waals surface area contributed by atoms with Crippen LogP contribution in [0.5, 0.6) is 0 Å². The third kappa shape index (κ3) is 2.28. The number of hydrogen-bond donors (Lipinski definition) is 1. The van der Waals surface area contributed by atoms with Gasteiger partial charge in [-0.3, -0.25) is 0 Å². The van der Waals surface area contributed by atoms with E-state index in [2.05, 4.69) is 10.2 Å². The van der Waals surface area contributed by atoms with E-state index in [0.717, 1.165) is 16.5 Å². The van der Waals surface area contributed by atoms with E-state index in [4.69, 9.17) is 11.6 Å². The van der Waals surface area contributed by atoms with Crippen LogP contribution in [-0.2, 0) is 0 Å². The van der Waals surface area contributed by atoms with E-state index in [-0.39, 0.29) is 11.0 Å². The fourth-order valence-corrected chi connectivity index (χ4v) is 2.82. The van der Waals surface area contributed by atoms with Gasteiger partial charge in [-0.1, -0.05) is 39.7 Å². The van der Waals surface area contributed by atoms with Crippen LogP contribution in [-0.4, -0.2) is 20.4 Å². The van der Waals surface area contributed by atoms with Crippen LogP contribution in [0.15, 0.2) is 53.5 Å². The monoisotopic (exact) mass is 328 g/mol. The first-order valence-corrected chi connectivity index (χ1v) is 7.20. The molecule has 0 unspecified atom stereocenters. The zero-order valence-electron chi connectivity index (χ0n) is 12.2. The second kappa shape index (κ2) is 5.49. The first-order valence-electron chi connectivity index (χ1n) is 6.82. The summed E-state index contributed by atoms with van der Waals surface area (Å²) in [6.45, 7) is 1.93. The van der Waals surface area contributed by atoms with Gasteiger partial charge in [0.25, 0.3) is 0 Å². The number of halogens is 1. The first-order chi connectivity index (χ1) is 10.6. The molecule has 23 heavy (non-hydrogen) atoms. The highest BCUT2D eigenvalue weighted by molar-refractivity contribution is 6.29. The molecule has 7 heteroatoms. The van der Waals surface area contributed by atoms with Crippen LogP contribution >= 0.6 is 11.6 Å². The Kier molecular flexibility index (Phi) is 3.63. The zero-order valence-corrected chi connectivity index (χ0v) is 12.9. The van der Waals surface area contributed by atoms with E-state index in [1.807, 2.05) is 41.8 Å². The number of hydrogen-bond acceptors (Lipinski definition) is 3. The summed E-state index contributed by atoms with van der Waals surface area (Å²) in [4.78, 5) is 16.8. The number of aryl methyl sites for hydroxylation is 1. The predicted molar refractivity (Wildman–Crippen MR) is 86.5 cm³/mol. The van der Waals surface area contributed by atoms with Crippen molar-refractivity contribution in [3.8, 4) is 5.69 Å². The number of para-hydroxylation sites is 1. The van der Waals surface area contributed by atoms with Crippen molar-refractivity contribution in [3.05, 3.63) is 69.7 Å². The topological polar surface area (TPSA) is 84.8 Å². The van der Waals surface area contributed by atoms with Gasteiger partial charge in [-0.25, -0.2) is 9.78 Å². The number of pyridine rings is 2. The number of aromatic amines is 1. The van der Waals surface area contributed by atoms with Crippen molar-refractivity contribution < 1.29 is 9.99 Å². The van der Waals surface area contributed by atoms with Crippen molar-refractivity contribution in [2.45, 2.75) is 6.92 Å². The number of nitrogens with one attached hydrogen (secondary N) is 1. The van der Waals surface area contributed by atoms with Crippen LogP contribution < -0.4 is 10.1 Å². The van der Waals surface area contributed by atoms with Crippen molar-refractivity contribution in [1.82, 2.24) is 14.9 Å². The third-order valence-corrected chi connectivity index (χ3v) is 3.95. The Morgan fingerprint density at radius 1 is 1.22 bits per heavy atom. The minimum Gasteiger partial charge on any atom is -0.870 e. The molecule has 0 amide bonds. The molecular weight excluding hydrogens is 316 g/mol. The summed E-state index contributed by atoms with van der Waals surface area (Å²) in [5.74, 6) is 0. The molecule has 4 aromatic rings. The van der Waals surface area contributed by atoms with Crippen LogP contribution in [0.25, 0.3) is 22.1 Å². The maximum Gasteiger partial charge on any atom is 0.406 e. The Labute approximate surface area is 135 Å². The van der Waals surface area contributed by atoms with E-state index in [9.17, 15) is 4.79 Å². The lowest BCUT2D eigenvalue weighted by Gasteiger charge is -1.97.